The fraction of sp³-hybridized carbons (Fsp3) is 0.385. The fourth-order valence-corrected chi connectivity index (χ4v) is 1.98. The molecule has 16 heavy (non-hydrogen) atoms. The van der Waals surface area contributed by atoms with Gasteiger partial charge in [0.25, 0.3) is 0 Å². The van der Waals surface area contributed by atoms with Gasteiger partial charge in [0.2, 0.25) is 0 Å². The molecular formula is C13H16FNO. The third-order valence-corrected chi connectivity index (χ3v) is 2.89. The predicted octanol–water partition coefficient (Wildman–Crippen LogP) is 2.11. The van der Waals surface area contributed by atoms with Crippen molar-refractivity contribution in [3.8, 4) is 0 Å². The molecule has 0 saturated carbocycles. The van der Waals surface area contributed by atoms with E-state index in [1.54, 1.807) is 0 Å². The lowest BCUT2D eigenvalue weighted by atomic mass is 10.1. The van der Waals surface area contributed by atoms with E-state index in [0.717, 1.165) is 13.1 Å². The fourth-order valence-electron chi connectivity index (χ4n) is 1.98. The van der Waals surface area contributed by atoms with Gasteiger partial charge in [0.1, 0.15) is 5.83 Å². The van der Waals surface area contributed by atoms with Crippen LogP contribution in [0.15, 0.2) is 41.7 Å². The molecule has 1 heterocycles. The molecule has 0 bridgehead atoms. The molecule has 1 aliphatic rings. The lowest BCUT2D eigenvalue weighted by molar-refractivity contribution is 0.233. The first-order valence-electron chi connectivity index (χ1n) is 5.53. The zero-order chi connectivity index (χ0) is 11.4. The van der Waals surface area contributed by atoms with Gasteiger partial charge in [-0.25, -0.2) is 4.39 Å². The quantitative estimate of drug-likeness (QED) is 0.845. The second-order valence-electron chi connectivity index (χ2n) is 4.11. The number of hydrogen-bond donors (Lipinski definition) is 1. The van der Waals surface area contributed by atoms with Crippen molar-refractivity contribution in [2.45, 2.75) is 13.0 Å². The molecule has 0 amide bonds. The van der Waals surface area contributed by atoms with E-state index in [0.29, 0.717) is 18.5 Å². The van der Waals surface area contributed by atoms with Gasteiger partial charge in [-0.05, 0) is 5.56 Å². The van der Waals surface area contributed by atoms with E-state index >= 15 is 0 Å². The monoisotopic (exact) mass is 221 g/mol. The highest BCUT2D eigenvalue weighted by Crippen LogP contribution is 2.20. The van der Waals surface area contributed by atoms with Gasteiger partial charge in [0, 0.05) is 31.6 Å². The van der Waals surface area contributed by atoms with E-state index in [1.165, 1.54) is 5.56 Å². The van der Waals surface area contributed by atoms with Crippen LogP contribution in [-0.4, -0.2) is 29.7 Å². The third-order valence-electron chi connectivity index (χ3n) is 2.89. The van der Waals surface area contributed by atoms with Crippen LogP contribution in [0.4, 0.5) is 4.39 Å². The maximum atomic E-state index is 13.3. The van der Waals surface area contributed by atoms with E-state index in [4.69, 9.17) is 5.11 Å². The maximum absolute atomic E-state index is 13.3. The van der Waals surface area contributed by atoms with E-state index in [1.807, 2.05) is 18.2 Å². The number of hydrogen-bond acceptors (Lipinski definition) is 2. The van der Waals surface area contributed by atoms with Crippen LogP contribution >= 0.6 is 0 Å². The summed E-state index contributed by atoms with van der Waals surface area (Å²) in [6.07, 6.45) is 0.419. The lowest BCUT2D eigenvalue weighted by Gasteiger charge is -2.27. The highest BCUT2D eigenvalue weighted by Gasteiger charge is 2.18. The Kier molecular flexibility index (Phi) is 3.70. The molecule has 1 aromatic rings. The Labute approximate surface area is 95.0 Å². The van der Waals surface area contributed by atoms with Crippen molar-refractivity contribution in [2.75, 3.05) is 19.7 Å². The molecule has 2 nitrogen and oxygen atoms in total. The van der Waals surface area contributed by atoms with Crippen LogP contribution in [-0.2, 0) is 6.54 Å². The lowest BCUT2D eigenvalue weighted by Crippen LogP contribution is -2.31. The minimum Gasteiger partial charge on any atom is -0.392 e. The van der Waals surface area contributed by atoms with Gasteiger partial charge in [-0.1, -0.05) is 30.3 Å². The Morgan fingerprint density at radius 3 is 2.69 bits per heavy atom. The van der Waals surface area contributed by atoms with Crippen molar-refractivity contribution in [3.63, 3.8) is 0 Å². The number of benzene rings is 1. The van der Waals surface area contributed by atoms with Gasteiger partial charge in [-0.15, -0.1) is 0 Å². The summed E-state index contributed by atoms with van der Waals surface area (Å²) in [4.78, 5) is 2.16. The highest BCUT2D eigenvalue weighted by atomic mass is 19.1. The van der Waals surface area contributed by atoms with Gasteiger partial charge < -0.3 is 5.11 Å². The Hall–Kier alpha value is -1.19. The zero-order valence-corrected chi connectivity index (χ0v) is 9.19. The average Bonchev–Trinajstić information content (AvgIpc) is 2.33. The molecule has 86 valence electrons. The topological polar surface area (TPSA) is 23.5 Å². The molecule has 0 fully saturated rings. The number of aliphatic hydroxyl groups is 1. The van der Waals surface area contributed by atoms with Crippen molar-refractivity contribution in [3.05, 3.63) is 47.3 Å². The summed E-state index contributed by atoms with van der Waals surface area (Å²) < 4.78 is 13.3. The maximum Gasteiger partial charge on any atom is 0.104 e. The average molecular weight is 221 g/mol. The van der Waals surface area contributed by atoms with Crippen molar-refractivity contribution >= 4 is 0 Å². The Morgan fingerprint density at radius 1 is 1.25 bits per heavy atom. The molecule has 0 unspecified atom stereocenters. The first-order chi connectivity index (χ1) is 7.79. The second kappa shape index (κ2) is 5.23. The van der Waals surface area contributed by atoms with Gasteiger partial charge >= 0.3 is 0 Å². The molecule has 2 rings (SSSR count). The molecule has 0 spiro atoms. The van der Waals surface area contributed by atoms with Crippen LogP contribution in [0.2, 0.25) is 0 Å². The van der Waals surface area contributed by atoms with E-state index in [-0.39, 0.29) is 12.4 Å². The predicted molar refractivity (Wildman–Crippen MR) is 61.6 cm³/mol. The molecule has 0 radical (unpaired) electrons. The zero-order valence-electron chi connectivity index (χ0n) is 9.19. The van der Waals surface area contributed by atoms with Gasteiger partial charge in [0.15, 0.2) is 0 Å². The molecule has 1 N–H and O–H groups in total. The Balaban J connectivity index is 1.99. The van der Waals surface area contributed by atoms with Crippen molar-refractivity contribution < 1.29 is 9.50 Å². The van der Waals surface area contributed by atoms with Crippen LogP contribution in [0.25, 0.3) is 0 Å². The van der Waals surface area contributed by atoms with E-state index in [2.05, 4.69) is 17.0 Å². The van der Waals surface area contributed by atoms with Crippen LogP contribution in [0.5, 0.6) is 0 Å². The van der Waals surface area contributed by atoms with Crippen LogP contribution in [0, 0.1) is 0 Å². The summed E-state index contributed by atoms with van der Waals surface area (Å²) in [5.41, 5.74) is 1.75. The Bertz CT molecular complexity index is 375. The SMILES string of the molecule is OCC1=C(F)CCN(Cc2ccccc2)C1. The second-order valence-corrected chi connectivity index (χ2v) is 4.11. The molecule has 0 saturated heterocycles. The number of aliphatic hydroxyl groups excluding tert-OH is 1. The molecule has 0 aliphatic carbocycles. The number of rotatable bonds is 3. The Morgan fingerprint density at radius 2 is 2.00 bits per heavy atom. The minimum atomic E-state index is -0.170. The summed E-state index contributed by atoms with van der Waals surface area (Å²) in [5, 5.41) is 9.02. The van der Waals surface area contributed by atoms with Gasteiger partial charge in [-0.3, -0.25) is 4.90 Å². The minimum absolute atomic E-state index is 0.133. The van der Waals surface area contributed by atoms with Crippen molar-refractivity contribution in [2.24, 2.45) is 0 Å². The standard InChI is InChI=1S/C13H16FNO/c14-13-6-7-15(9-12(13)10-16)8-11-4-2-1-3-5-11/h1-5,16H,6-10H2. The van der Waals surface area contributed by atoms with E-state index < -0.39 is 0 Å². The largest absolute Gasteiger partial charge is 0.392 e. The molecular weight excluding hydrogens is 205 g/mol. The smallest absolute Gasteiger partial charge is 0.104 e. The van der Waals surface area contributed by atoms with Gasteiger partial charge in [0.05, 0.1) is 6.61 Å². The highest BCUT2D eigenvalue weighted by molar-refractivity contribution is 5.17. The number of nitrogens with zero attached hydrogens (tertiary/aromatic N) is 1. The summed E-state index contributed by atoms with van der Waals surface area (Å²) in [6.45, 7) is 1.91. The van der Waals surface area contributed by atoms with Gasteiger partial charge in [-0.2, -0.15) is 0 Å². The molecule has 1 aliphatic heterocycles. The normalized spacial score (nSPS) is 17.9. The van der Waals surface area contributed by atoms with E-state index in [9.17, 15) is 4.39 Å². The summed E-state index contributed by atoms with van der Waals surface area (Å²) in [5.74, 6) is -0.133. The van der Waals surface area contributed by atoms with Crippen molar-refractivity contribution in [1.29, 1.82) is 0 Å². The molecule has 0 aromatic heterocycles. The van der Waals surface area contributed by atoms with Crippen molar-refractivity contribution in [1.82, 2.24) is 4.90 Å². The first kappa shape index (κ1) is 11.3. The first-order valence-corrected chi connectivity index (χ1v) is 5.53. The number of halogens is 1. The summed E-state index contributed by atoms with van der Waals surface area (Å²) in [7, 11) is 0. The summed E-state index contributed by atoms with van der Waals surface area (Å²) >= 11 is 0. The molecule has 1 aromatic carbocycles. The van der Waals surface area contributed by atoms with Crippen LogP contribution < -0.4 is 0 Å². The van der Waals surface area contributed by atoms with Crippen LogP contribution in [0.3, 0.4) is 0 Å². The molecule has 3 heteroatoms. The molecule has 0 atom stereocenters. The summed E-state index contributed by atoms with van der Waals surface area (Å²) in [6, 6.07) is 10.1. The van der Waals surface area contributed by atoms with Crippen LogP contribution in [0.1, 0.15) is 12.0 Å². The third kappa shape index (κ3) is 2.68.